The maximum atomic E-state index is 11.7. The lowest BCUT2D eigenvalue weighted by molar-refractivity contribution is -0.137. The molecule has 0 radical (unpaired) electrons. The Bertz CT molecular complexity index is 437. The predicted molar refractivity (Wildman–Crippen MR) is 71.3 cm³/mol. The maximum Gasteiger partial charge on any atom is 0.323 e. The van der Waals surface area contributed by atoms with Crippen LogP contribution >= 0.6 is 15.9 Å². The van der Waals surface area contributed by atoms with Gasteiger partial charge < -0.3 is 15.3 Å². The molecule has 1 aromatic carbocycles. The van der Waals surface area contributed by atoms with E-state index in [1.54, 1.807) is 6.92 Å². The minimum atomic E-state index is -1.02. The van der Waals surface area contributed by atoms with Gasteiger partial charge in [0, 0.05) is 17.6 Å². The summed E-state index contributed by atoms with van der Waals surface area (Å²) >= 11 is 3.38. The van der Waals surface area contributed by atoms with E-state index >= 15 is 0 Å². The van der Waals surface area contributed by atoms with Crippen LogP contribution in [0.25, 0.3) is 0 Å². The number of carboxylic acids is 1. The van der Waals surface area contributed by atoms with E-state index in [4.69, 9.17) is 5.11 Å². The van der Waals surface area contributed by atoms with E-state index < -0.39 is 5.97 Å². The monoisotopic (exact) mass is 314 g/mol. The first-order chi connectivity index (χ1) is 8.54. The summed E-state index contributed by atoms with van der Waals surface area (Å²) in [6.45, 7) is 2.16. The predicted octanol–water partition coefficient (Wildman–Crippen LogP) is 2.07. The summed E-state index contributed by atoms with van der Waals surface area (Å²) in [4.78, 5) is 23.5. The van der Waals surface area contributed by atoms with Crippen LogP contribution in [-0.4, -0.2) is 35.1 Å². The van der Waals surface area contributed by atoms with E-state index in [0.717, 1.165) is 10.0 Å². The Balaban J connectivity index is 2.54. The molecular formula is C12H15BrN2O3. The molecule has 1 aromatic rings. The number of urea groups is 1. The second kappa shape index (κ2) is 7.00. The molecule has 0 saturated heterocycles. The highest BCUT2D eigenvalue weighted by atomic mass is 79.9. The number of aliphatic carboxylic acids is 1. The van der Waals surface area contributed by atoms with Gasteiger partial charge in [0.1, 0.15) is 6.54 Å². The zero-order chi connectivity index (χ0) is 13.5. The van der Waals surface area contributed by atoms with Crippen molar-refractivity contribution in [3.63, 3.8) is 0 Å². The summed E-state index contributed by atoms with van der Waals surface area (Å²) in [7, 11) is 0. The summed E-state index contributed by atoms with van der Waals surface area (Å²) in [6.07, 6.45) is 0. The molecule has 2 N–H and O–H groups in total. The fourth-order valence-electron chi connectivity index (χ4n) is 1.41. The average Bonchev–Trinajstić information content (AvgIpc) is 2.34. The third-order valence-corrected chi connectivity index (χ3v) is 3.16. The number of nitrogens with one attached hydrogen (secondary N) is 1. The largest absolute Gasteiger partial charge is 0.480 e. The Hall–Kier alpha value is -1.56. The van der Waals surface area contributed by atoms with Crippen molar-refractivity contribution >= 4 is 27.9 Å². The highest BCUT2D eigenvalue weighted by Gasteiger charge is 2.14. The second-order valence-electron chi connectivity index (χ2n) is 3.66. The zero-order valence-electron chi connectivity index (χ0n) is 10.0. The number of hydrogen-bond acceptors (Lipinski definition) is 2. The SMILES string of the molecule is CCN(CC(=O)O)C(=O)NCc1ccccc1Br. The first-order valence-corrected chi connectivity index (χ1v) is 6.32. The second-order valence-corrected chi connectivity index (χ2v) is 4.51. The van der Waals surface area contributed by atoms with Gasteiger partial charge in [0.2, 0.25) is 0 Å². The number of hydrogen-bond donors (Lipinski definition) is 2. The van der Waals surface area contributed by atoms with Crippen molar-refractivity contribution in [1.29, 1.82) is 0 Å². The van der Waals surface area contributed by atoms with Gasteiger partial charge in [-0.2, -0.15) is 0 Å². The Morgan fingerprint density at radius 3 is 2.61 bits per heavy atom. The van der Waals surface area contributed by atoms with Crippen LogP contribution in [0, 0.1) is 0 Å². The molecular weight excluding hydrogens is 300 g/mol. The number of rotatable bonds is 5. The number of halogens is 1. The van der Waals surface area contributed by atoms with Crippen LogP contribution in [0.1, 0.15) is 12.5 Å². The summed E-state index contributed by atoms with van der Waals surface area (Å²) in [6, 6.07) is 7.16. The Morgan fingerprint density at radius 1 is 1.39 bits per heavy atom. The van der Waals surface area contributed by atoms with E-state index in [0.29, 0.717) is 13.1 Å². The van der Waals surface area contributed by atoms with Crippen LogP contribution in [0.3, 0.4) is 0 Å². The molecule has 0 aromatic heterocycles. The van der Waals surface area contributed by atoms with Crippen LogP contribution < -0.4 is 5.32 Å². The highest BCUT2D eigenvalue weighted by molar-refractivity contribution is 9.10. The first-order valence-electron chi connectivity index (χ1n) is 5.52. The van der Waals surface area contributed by atoms with E-state index in [2.05, 4.69) is 21.2 Å². The van der Waals surface area contributed by atoms with Crippen LogP contribution in [-0.2, 0) is 11.3 Å². The number of benzene rings is 1. The van der Waals surface area contributed by atoms with Crippen molar-refractivity contribution in [3.05, 3.63) is 34.3 Å². The van der Waals surface area contributed by atoms with Crippen molar-refractivity contribution in [2.24, 2.45) is 0 Å². The summed E-state index contributed by atoms with van der Waals surface area (Å²) in [5.74, 6) is -1.02. The van der Waals surface area contributed by atoms with Crippen molar-refractivity contribution in [1.82, 2.24) is 10.2 Å². The Labute approximate surface area is 114 Å². The number of nitrogens with zero attached hydrogens (tertiary/aromatic N) is 1. The summed E-state index contributed by atoms with van der Waals surface area (Å²) < 4.78 is 0.909. The molecule has 2 amide bonds. The van der Waals surface area contributed by atoms with Crippen LogP contribution in [0.15, 0.2) is 28.7 Å². The van der Waals surface area contributed by atoms with E-state index in [1.165, 1.54) is 4.90 Å². The van der Waals surface area contributed by atoms with E-state index in [1.807, 2.05) is 24.3 Å². The normalized spacial score (nSPS) is 9.89. The molecule has 0 spiro atoms. The molecule has 0 unspecified atom stereocenters. The Kier molecular flexibility index (Phi) is 5.64. The molecule has 0 atom stereocenters. The molecule has 0 aliphatic rings. The molecule has 0 heterocycles. The number of carbonyl (C=O) groups excluding carboxylic acids is 1. The molecule has 0 bridgehead atoms. The fraction of sp³-hybridized carbons (Fsp3) is 0.333. The standard InChI is InChI=1S/C12H15BrN2O3/c1-2-15(8-11(16)17)12(18)14-7-9-5-3-4-6-10(9)13/h3-6H,2,7-8H2,1H3,(H,14,18)(H,16,17). The van der Waals surface area contributed by atoms with Crippen molar-refractivity contribution in [2.75, 3.05) is 13.1 Å². The van der Waals surface area contributed by atoms with Gasteiger partial charge in [0.25, 0.3) is 0 Å². The van der Waals surface area contributed by atoms with Crippen molar-refractivity contribution in [2.45, 2.75) is 13.5 Å². The van der Waals surface area contributed by atoms with Crippen molar-refractivity contribution in [3.8, 4) is 0 Å². The number of likely N-dealkylation sites (N-methyl/N-ethyl adjacent to an activating group) is 1. The molecule has 0 aliphatic heterocycles. The highest BCUT2D eigenvalue weighted by Crippen LogP contribution is 2.15. The third kappa shape index (κ3) is 4.37. The minimum Gasteiger partial charge on any atom is -0.480 e. The molecule has 5 nitrogen and oxygen atoms in total. The smallest absolute Gasteiger partial charge is 0.323 e. The Morgan fingerprint density at radius 2 is 2.06 bits per heavy atom. The lowest BCUT2D eigenvalue weighted by Crippen LogP contribution is -2.42. The van der Waals surface area contributed by atoms with Gasteiger partial charge in [0.15, 0.2) is 0 Å². The number of carboxylic acid groups (broad SMARTS) is 1. The zero-order valence-corrected chi connectivity index (χ0v) is 11.6. The molecule has 1 rings (SSSR count). The summed E-state index contributed by atoms with van der Waals surface area (Å²) in [5.41, 5.74) is 0.942. The van der Waals surface area contributed by atoms with Gasteiger partial charge in [-0.1, -0.05) is 34.1 Å². The van der Waals surface area contributed by atoms with Crippen LogP contribution in [0.5, 0.6) is 0 Å². The summed E-state index contributed by atoms with van der Waals surface area (Å²) in [5, 5.41) is 11.4. The average molecular weight is 315 g/mol. The van der Waals surface area contributed by atoms with Crippen LogP contribution in [0.4, 0.5) is 4.79 Å². The molecule has 6 heteroatoms. The lowest BCUT2D eigenvalue weighted by atomic mass is 10.2. The lowest BCUT2D eigenvalue weighted by Gasteiger charge is -2.19. The maximum absolute atomic E-state index is 11.7. The molecule has 0 saturated carbocycles. The molecule has 18 heavy (non-hydrogen) atoms. The van der Waals surface area contributed by atoms with Gasteiger partial charge >= 0.3 is 12.0 Å². The fourth-order valence-corrected chi connectivity index (χ4v) is 1.84. The molecule has 98 valence electrons. The third-order valence-electron chi connectivity index (χ3n) is 2.38. The van der Waals surface area contributed by atoms with Gasteiger partial charge in [-0.05, 0) is 18.6 Å². The topological polar surface area (TPSA) is 69.6 Å². The molecule has 0 fully saturated rings. The van der Waals surface area contributed by atoms with Gasteiger partial charge in [-0.15, -0.1) is 0 Å². The minimum absolute atomic E-state index is 0.293. The quantitative estimate of drug-likeness (QED) is 0.874. The number of carbonyl (C=O) groups is 2. The van der Waals surface area contributed by atoms with E-state index in [-0.39, 0.29) is 12.6 Å². The van der Waals surface area contributed by atoms with E-state index in [9.17, 15) is 9.59 Å². The van der Waals surface area contributed by atoms with Gasteiger partial charge in [-0.3, -0.25) is 4.79 Å². The molecule has 0 aliphatic carbocycles. The van der Waals surface area contributed by atoms with Gasteiger partial charge in [0.05, 0.1) is 0 Å². The first kappa shape index (κ1) is 14.5. The number of amides is 2. The van der Waals surface area contributed by atoms with Crippen LogP contribution in [0.2, 0.25) is 0 Å². The van der Waals surface area contributed by atoms with Crippen molar-refractivity contribution < 1.29 is 14.7 Å². The van der Waals surface area contributed by atoms with Gasteiger partial charge in [-0.25, -0.2) is 4.79 Å².